The minimum atomic E-state index is -0.0292. The van der Waals surface area contributed by atoms with Crippen molar-refractivity contribution >= 4 is 28.1 Å². The molecule has 0 radical (unpaired) electrons. The summed E-state index contributed by atoms with van der Waals surface area (Å²) in [4.78, 5) is 3.61. The third-order valence-corrected chi connectivity index (χ3v) is 4.83. The van der Waals surface area contributed by atoms with Crippen LogP contribution in [0.15, 0.2) is 70.9 Å². The number of fused-ring (bicyclic) bond motifs is 1. The normalized spacial score (nSPS) is 11.4. The van der Waals surface area contributed by atoms with E-state index in [1.807, 2.05) is 30.3 Å². The van der Waals surface area contributed by atoms with Crippen molar-refractivity contribution in [2.45, 2.75) is 13.8 Å². The van der Waals surface area contributed by atoms with Crippen LogP contribution in [0.3, 0.4) is 0 Å². The van der Waals surface area contributed by atoms with Crippen molar-refractivity contribution in [3.05, 3.63) is 60.7 Å². The number of nitrogens with zero attached hydrogens (tertiary/aromatic N) is 6. The zero-order valence-electron chi connectivity index (χ0n) is 16.8. The lowest BCUT2D eigenvalue weighted by Crippen LogP contribution is -2.21. The highest BCUT2D eigenvalue weighted by Gasteiger charge is 2.09. The molecule has 0 aliphatic heterocycles. The van der Waals surface area contributed by atoms with E-state index in [2.05, 4.69) is 39.2 Å². The number of anilines is 1. The smallest absolute Gasteiger partial charge is 0.145 e. The number of phenols is 2. The summed E-state index contributed by atoms with van der Waals surface area (Å²) in [6, 6.07) is 17.7. The number of aromatic nitrogens is 3. The van der Waals surface area contributed by atoms with Gasteiger partial charge in [0.25, 0.3) is 0 Å². The van der Waals surface area contributed by atoms with Crippen LogP contribution in [0.1, 0.15) is 13.8 Å². The summed E-state index contributed by atoms with van der Waals surface area (Å²) in [5, 5.41) is 37.6. The molecule has 0 aliphatic rings. The second-order valence-corrected chi connectivity index (χ2v) is 6.70. The third kappa shape index (κ3) is 3.80. The second-order valence-electron chi connectivity index (χ2n) is 6.70. The summed E-state index contributed by atoms with van der Waals surface area (Å²) >= 11 is 0. The number of benzene rings is 3. The lowest BCUT2D eigenvalue weighted by molar-refractivity contribution is 0.473. The highest BCUT2D eigenvalue weighted by molar-refractivity contribution is 5.73. The predicted octanol–water partition coefficient (Wildman–Crippen LogP) is 5.09. The van der Waals surface area contributed by atoms with Crippen molar-refractivity contribution in [2.75, 3.05) is 18.0 Å². The number of aromatic hydroxyl groups is 2. The van der Waals surface area contributed by atoms with E-state index in [1.165, 1.54) is 10.9 Å². The molecule has 8 heteroatoms. The molecule has 0 unspecified atom stereocenters. The fourth-order valence-corrected chi connectivity index (χ4v) is 3.18. The fourth-order valence-electron chi connectivity index (χ4n) is 3.18. The third-order valence-electron chi connectivity index (χ3n) is 4.83. The molecule has 0 spiro atoms. The Morgan fingerprint density at radius 1 is 0.800 bits per heavy atom. The summed E-state index contributed by atoms with van der Waals surface area (Å²) < 4.78 is 0. The molecule has 152 valence electrons. The van der Waals surface area contributed by atoms with E-state index >= 15 is 0 Å². The summed E-state index contributed by atoms with van der Waals surface area (Å²) in [6.45, 7) is 5.80. The number of azo groups is 1. The van der Waals surface area contributed by atoms with Crippen LogP contribution in [0, 0.1) is 0 Å². The van der Waals surface area contributed by atoms with Gasteiger partial charge < -0.3 is 15.1 Å². The highest BCUT2D eigenvalue weighted by atomic mass is 16.3. The summed E-state index contributed by atoms with van der Waals surface area (Å²) in [7, 11) is 0. The lowest BCUT2D eigenvalue weighted by atomic mass is 10.2. The Labute approximate surface area is 173 Å². The maximum atomic E-state index is 10.3. The molecule has 8 nitrogen and oxygen atoms in total. The molecule has 3 aromatic carbocycles. The Bertz CT molecular complexity index is 1180. The Morgan fingerprint density at radius 2 is 1.47 bits per heavy atom. The minimum Gasteiger partial charge on any atom is -0.506 e. The van der Waals surface area contributed by atoms with Crippen LogP contribution in [-0.2, 0) is 0 Å². The van der Waals surface area contributed by atoms with Crippen molar-refractivity contribution in [2.24, 2.45) is 10.2 Å². The highest BCUT2D eigenvalue weighted by Crippen LogP contribution is 2.35. The van der Waals surface area contributed by atoms with Gasteiger partial charge in [-0.05, 0) is 56.3 Å². The van der Waals surface area contributed by atoms with E-state index in [0.29, 0.717) is 11.4 Å². The van der Waals surface area contributed by atoms with E-state index in [9.17, 15) is 10.2 Å². The van der Waals surface area contributed by atoms with Gasteiger partial charge in [0.15, 0.2) is 0 Å². The molecular weight excluding hydrogens is 380 g/mol. The van der Waals surface area contributed by atoms with E-state index in [4.69, 9.17) is 0 Å². The first-order valence-corrected chi connectivity index (χ1v) is 9.74. The van der Waals surface area contributed by atoms with Gasteiger partial charge in [0.05, 0.1) is 5.69 Å². The molecule has 0 fully saturated rings. The van der Waals surface area contributed by atoms with Gasteiger partial charge in [-0.3, -0.25) is 0 Å². The first-order chi connectivity index (χ1) is 14.6. The maximum absolute atomic E-state index is 10.3. The van der Waals surface area contributed by atoms with E-state index in [0.717, 1.165) is 29.8 Å². The maximum Gasteiger partial charge on any atom is 0.145 e. The molecule has 4 rings (SSSR count). The molecule has 4 aromatic rings. The summed E-state index contributed by atoms with van der Waals surface area (Å²) in [5.41, 5.74) is 3.66. The van der Waals surface area contributed by atoms with Gasteiger partial charge in [0.1, 0.15) is 33.9 Å². The van der Waals surface area contributed by atoms with Crippen LogP contribution >= 0.6 is 0 Å². The zero-order valence-corrected chi connectivity index (χ0v) is 16.8. The Hall–Kier alpha value is -3.94. The first kappa shape index (κ1) is 19.4. The SMILES string of the molecule is CCN(CC)c1ccc(N=Nc2cc(-n3nc4ccccc4n3)ccc2O)c(O)c1. The van der Waals surface area contributed by atoms with Gasteiger partial charge in [0, 0.05) is 24.8 Å². The average Bonchev–Trinajstić information content (AvgIpc) is 3.19. The zero-order chi connectivity index (χ0) is 21.1. The fraction of sp³-hybridized carbons (Fsp3) is 0.182. The Morgan fingerprint density at radius 3 is 2.10 bits per heavy atom. The number of hydrogen-bond acceptors (Lipinski definition) is 7. The summed E-state index contributed by atoms with van der Waals surface area (Å²) in [5.74, 6) is -0.00255. The van der Waals surface area contributed by atoms with Gasteiger partial charge in [-0.2, -0.15) is 4.80 Å². The average molecular weight is 402 g/mol. The van der Waals surface area contributed by atoms with Gasteiger partial charge in [-0.25, -0.2) is 0 Å². The van der Waals surface area contributed by atoms with Crippen molar-refractivity contribution in [1.82, 2.24) is 15.0 Å². The largest absolute Gasteiger partial charge is 0.506 e. The molecule has 2 N–H and O–H groups in total. The quantitative estimate of drug-likeness (QED) is 0.438. The van der Waals surface area contributed by atoms with E-state index < -0.39 is 0 Å². The number of rotatable bonds is 6. The predicted molar refractivity (Wildman–Crippen MR) is 116 cm³/mol. The molecule has 0 aliphatic carbocycles. The van der Waals surface area contributed by atoms with Gasteiger partial charge in [-0.1, -0.05) is 12.1 Å². The molecular formula is C22H22N6O2. The van der Waals surface area contributed by atoms with Crippen LogP contribution in [-0.4, -0.2) is 38.3 Å². The first-order valence-electron chi connectivity index (χ1n) is 9.74. The van der Waals surface area contributed by atoms with E-state index in [1.54, 1.807) is 24.3 Å². The van der Waals surface area contributed by atoms with Crippen LogP contribution in [0.2, 0.25) is 0 Å². The standard InChI is InChI=1S/C22H22N6O2/c1-3-27(4-2)15-9-11-19(22(30)14-15)23-24-20-13-16(10-12-21(20)29)28-25-17-7-5-6-8-18(17)26-28/h5-14,29-30H,3-4H2,1-2H3. The monoisotopic (exact) mass is 402 g/mol. The lowest BCUT2D eigenvalue weighted by Gasteiger charge is -2.21. The number of phenolic OH excluding ortho intramolecular Hbond substituents is 2. The van der Waals surface area contributed by atoms with Crippen LogP contribution in [0.5, 0.6) is 11.5 Å². The molecule has 1 heterocycles. The number of hydrogen-bond donors (Lipinski definition) is 2. The molecule has 30 heavy (non-hydrogen) atoms. The molecule has 1 aromatic heterocycles. The van der Waals surface area contributed by atoms with Gasteiger partial charge >= 0.3 is 0 Å². The molecule has 0 amide bonds. The molecule has 0 saturated carbocycles. The van der Waals surface area contributed by atoms with Gasteiger partial charge in [0.2, 0.25) is 0 Å². The minimum absolute atomic E-state index is 0.0267. The van der Waals surface area contributed by atoms with Crippen molar-refractivity contribution in [3.8, 4) is 17.2 Å². The van der Waals surface area contributed by atoms with Crippen molar-refractivity contribution in [3.63, 3.8) is 0 Å². The van der Waals surface area contributed by atoms with Crippen LogP contribution in [0.4, 0.5) is 17.1 Å². The summed E-state index contributed by atoms with van der Waals surface area (Å²) in [6.07, 6.45) is 0. The second kappa shape index (κ2) is 8.20. The van der Waals surface area contributed by atoms with Crippen molar-refractivity contribution in [1.29, 1.82) is 0 Å². The molecule has 0 saturated heterocycles. The van der Waals surface area contributed by atoms with Crippen LogP contribution in [0.25, 0.3) is 16.7 Å². The van der Waals surface area contributed by atoms with Gasteiger partial charge in [-0.15, -0.1) is 20.4 Å². The Kier molecular flexibility index (Phi) is 5.30. The molecule has 0 atom stereocenters. The topological polar surface area (TPSA) is 99.1 Å². The Balaban J connectivity index is 1.63. The van der Waals surface area contributed by atoms with E-state index in [-0.39, 0.29) is 17.2 Å². The molecule has 0 bridgehead atoms. The van der Waals surface area contributed by atoms with Crippen LogP contribution < -0.4 is 4.90 Å². The van der Waals surface area contributed by atoms with Crippen molar-refractivity contribution < 1.29 is 10.2 Å².